The Morgan fingerprint density at radius 1 is 0.880 bits per heavy atom. The molecule has 0 aliphatic carbocycles. The van der Waals surface area contributed by atoms with Crippen molar-refractivity contribution >= 4 is 43.1 Å². The van der Waals surface area contributed by atoms with Gasteiger partial charge in [0.2, 0.25) is 0 Å². The molecule has 3 aromatic carbocycles. The summed E-state index contributed by atoms with van der Waals surface area (Å²) in [7, 11) is 0. The van der Waals surface area contributed by atoms with Gasteiger partial charge in [0.1, 0.15) is 10.4 Å². The Kier molecular flexibility index (Phi) is 2.96. The third-order valence-corrected chi connectivity index (χ3v) is 5.57. The number of thiophene rings is 1. The summed E-state index contributed by atoms with van der Waals surface area (Å²) in [6.07, 6.45) is 0. The van der Waals surface area contributed by atoms with Gasteiger partial charge in [0, 0.05) is 21.7 Å². The lowest BCUT2D eigenvalue weighted by atomic mass is 9.96. The highest BCUT2D eigenvalue weighted by molar-refractivity contribution is 7.17. The van der Waals surface area contributed by atoms with Crippen molar-refractivity contribution in [3.8, 4) is 16.9 Å². The van der Waals surface area contributed by atoms with E-state index >= 15 is 0 Å². The number of fused-ring (bicyclic) bond motifs is 4. The van der Waals surface area contributed by atoms with Crippen LogP contribution in [0.15, 0.2) is 70.8 Å². The summed E-state index contributed by atoms with van der Waals surface area (Å²) in [5.74, 6) is 0.157. The highest BCUT2D eigenvalue weighted by Crippen LogP contribution is 2.39. The molecular weight excluding hydrogens is 330 g/mol. The van der Waals surface area contributed by atoms with E-state index in [9.17, 15) is 9.90 Å². The van der Waals surface area contributed by atoms with E-state index < -0.39 is 0 Å². The Balaban J connectivity index is 1.94. The Morgan fingerprint density at radius 2 is 1.72 bits per heavy atom. The van der Waals surface area contributed by atoms with E-state index in [-0.39, 0.29) is 11.3 Å². The van der Waals surface area contributed by atoms with Gasteiger partial charge >= 0.3 is 0 Å². The van der Waals surface area contributed by atoms with Gasteiger partial charge in [-0.1, -0.05) is 48.5 Å². The maximum absolute atomic E-state index is 12.3. The molecule has 0 radical (unpaired) electrons. The highest BCUT2D eigenvalue weighted by Gasteiger charge is 2.15. The molecule has 0 saturated carbocycles. The van der Waals surface area contributed by atoms with Crippen LogP contribution in [0.3, 0.4) is 0 Å². The quantitative estimate of drug-likeness (QED) is 0.436. The van der Waals surface area contributed by atoms with Crippen LogP contribution in [0.4, 0.5) is 0 Å². The van der Waals surface area contributed by atoms with Crippen LogP contribution in [0.2, 0.25) is 0 Å². The largest absolute Gasteiger partial charge is 0.506 e. The standard InChI is InChI=1S/C21H13NO2S/c23-17-11-25-20-19(17)18-15(6-3-7-16(18)22-21(20)24)14-9-8-12-4-1-2-5-13(12)10-14/h1-11,23H,(H,22,24). The summed E-state index contributed by atoms with van der Waals surface area (Å²) in [4.78, 5) is 15.2. The first-order chi connectivity index (χ1) is 12.2. The van der Waals surface area contributed by atoms with Crippen LogP contribution in [-0.2, 0) is 0 Å². The Bertz CT molecular complexity index is 1330. The third-order valence-electron chi connectivity index (χ3n) is 4.60. The molecule has 0 bridgehead atoms. The normalized spacial score (nSPS) is 11.5. The van der Waals surface area contributed by atoms with Crippen molar-refractivity contribution in [2.75, 3.05) is 0 Å². The molecule has 5 rings (SSSR count). The first kappa shape index (κ1) is 14.3. The van der Waals surface area contributed by atoms with Gasteiger partial charge in [-0.25, -0.2) is 0 Å². The maximum atomic E-state index is 12.3. The van der Waals surface area contributed by atoms with Gasteiger partial charge in [-0.2, -0.15) is 0 Å². The number of rotatable bonds is 1. The number of aromatic hydroxyl groups is 1. The van der Waals surface area contributed by atoms with Gasteiger partial charge in [0.05, 0.1) is 0 Å². The summed E-state index contributed by atoms with van der Waals surface area (Å²) >= 11 is 1.27. The van der Waals surface area contributed by atoms with E-state index in [2.05, 4.69) is 35.3 Å². The molecule has 3 nitrogen and oxygen atoms in total. The zero-order valence-electron chi connectivity index (χ0n) is 13.1. The van der Waals surface area contributed by atoms with Gasteiger partial charge in [-0.05, 0) is 34.0 Å². The SMILES string of the molecule is O=c1[nH]c2cccc(-c3ccc4ccccc4c3)c2c2c(O)csc12. The molecule has 0 amide bonds. The number of H-pyrrole nitrogens is 1. The predicted octanol–water partition coefficient (Wildman–Crippen LogP) is 5.27. The van der Waals surface area contributed by atoms with E-state index in [4.69, 9.17) is 0 Å². The van der Waals surface area contributed by atoms with E-state index in [1.165, 1.54) is 16.7 Å². The molecule has 0 fully saturated rings. The summed E-state index contributed by atoms with van der Waals surface area (Å²) in [5, 5.41) is 15.8. The average Bonchev–Trinajstić information content (AvgIpc) is 3.03. The Hall–Kier alpha value is -3.11. The number of benzene rings is 3. The lowest BCUT2D eigenvalue weighted by Crippen LogP contribution is -2.04. The number of nitrogens with one attached hydrogen (secondary N) is 1. The van der Waals surface area contributed by atoms with Crippen LogP contribution >= 0.6 is 11.3 Å². The summed E-state index contributed by atoms with van der Waals surface area (Å²) < 4.78 is 0.554. The van der Waals surface area contributed by atoms with Crippen LogP contribution < -0.4 is 5.56 Å². The van der Waals surface area contributed by atoms with Crippen LogP contribution in [0.25, 0.3) is 42.9 Å². The van der Waals surface area contributed by atoms with Gasteiger partial charge in [0.15, 0.2) is 0 Å². The molecule has 0 aliphatic heterocycles. The van der Waals surface area contributed by atoms with E-state index in [0.717, 1.165) is 27.4 Å². The minimum Gasteiger partial charge on any atom is -0.506 e. The fraction of sp³-hybridized carbons (Fsp3) is 0. The van der Waals surface area contributed by atoms with Crippen molar-refractivity contribution < 1.29 is 5.11 Å². The zero-order chi connectivity index (χ0) is 17.0. The van der Waals surface area contributed by atoms with Crippen LogP contribution in [0.1, 0.15) is 0 Å². The molecule has 2 N–H and O–H groups in total. The van der Waals surface area contributed by atoms with Crippen LogP contribution in [0, 0.1) is 0 Å². The summed E-state index contributed by atoms with van der Waals surface area (Å²) in [6, 6.07) is 20.4. The van der Waals surface area contributed by atoms with Crippen molar-refractivity contribution in [2.24, 2.45) is 0 Å². The number of pyridine rings is 1. The second kappa shape index (κ2) is 5.19. The van der Waals surface area contributed by atoms with Crippen molar-refractivity contribution in [2.45, 2.75) is 0 Å². The van der Waals surface area contributed by atoms with Gasteiger partial charge in [-0.15, -0.1) is 11.3 Å². The molecular formula is C21H13NO2S. The lowest BCUT2D eigenvalue weighted by molar-refractivity contribution is 0.484. The van der Waals surface area contributed by atoms with Crippen molar-refractivity contribution in [3.63, 3.8) is 0 Å². The third kappa shape index (κ3) is 2.08. The minimum absolute atomic E-state index is 0.157. The smallest absolute Gasteiger partial charge is 0.266 e. The first-order valence-corrected chi connectivity index (χ1v) is 8.85. The lowest BCUT2D eigenvalue weighted by Gasteiger charge is -2.10. The predicted molar refractivity (Wildman–Crippen MR) is 105 cm³/mol. The van der Waals surface area contributed by atoms with Gasteiger partial charge < -0.3 is 10.1 Å². The molecule has 0 saturated heterocycles. The fourth-order valence-corrected chi connectivity index (χ4v) is 4.29. The monoisotopic (exact) mass is 343 g/mol. The molecule has 2 aromatic heterocycles. The van der Waals surface area contributed by atoms with Crippen molar-refractivity contribution in [1.82, 2.24) is 4.98 Å². The molecule has 0 atom stereocenters. The number of hydrogen-bond donors (Lipinski definition) is 2. The summed E-state index contributed by atoms with van der Waals surface area (Å²) in [6.45, 7) is 0. The van der Waals surface area contributed by atoms with Crippen LogP contribution in [-0.4, -0.2) is 10.1 Å². The molecule has 25 heavy (non-hydrogen) atoms. The van der Waals surface area contributed by atoms with E-state index in [1.807, 2.05) is 30.3 Å². The number of hydrogen-bond acceptors (Lipinski definition) is 3. The molecule has 120 valence electrons. The molecule has 0 unspecified atom stereocenters. The topological polar surface area (TPSA) is 53.1 Å². The van der Waals surface area contributed by atoms with Crippen molar-refractivity contribution in [1.29, 1.82) is 0 Å². The summed E-state index contributed by atoms with van der Waals surface area (Å²) in [5.41, 5.74) is 2.63. The number of aromatic amines is 1. The van der Waals surface area contributed by atoms with Gasteiger partial charge in [0.25, 0.3) is 5.56 Å². The second-order valence-electron chi connectivity index (χ2n) is 6.07. The highest BCUT2D eigenvalue weighted by atomic mass is 32.1. The Labute approximate surface area is 146 Å². The maximum Gasteiger partial charge on any atom is 0.266 e. The van der Waals surface area contributed by atoms with Crippen LogP contribution in [0.5, 0.6) is 5.75 Å². The second-order valence-corrected chi connectivity index (χ2v) is 6.95. The van der Waals surface area contributed by atoms with E-state index in [0.29, 0.717) is 10.1 Å². The molecule has 0 aliphatic rings. The zero-order valence-corrected chi connectivity index (χ0v) is 13.9. The minimum atomic E-state index is -0.163. The molecule has 5 aromatic rings. The number of aromatic nitrogens is 1. The van der Waals surface area contributed by atoms with Crippen molar-refractivity contribution in [3.05, 3.63) is 76.4 Å². The average molecular weight is 343 g/mol. The Morgan fingerprint density at radius 3 is 2.60 bits per heavy atom. The molecule has 2 heterocycles. The molecule has 0 spiro atoms. The first-order valence-electron chi connectivity index (χ1n) is 7.97. The van der Waals surface area contributed by atoms with E-state index in [1.54, 1.807) is 5.38 Å². The van der Waals surface area contributed by atoms with Gasteiger partial charge in [-0.3, -0.25) is 4.79 Å². The molecule has 4 heteroatoms. The fourth-order valence-electron chi connectivity index (χ4n) is 3.46.